The summed E-state index contributed by atoms with van der Waals surface area (Å²) in [6, 6.07) is 11.7. The molecule has 0 spiro atoms. The van der Waals surface area contributed by atoms with Crippen LogP contribution in [0.25, 0.3) is 0 Å². The Labute approximate surface area is 147 Å². The Morgan fingerprint density at radius 2 is 2.00 bits per heavy atom. The fourth-order valence-electron chi connectivity index (χ4n) is 3.90. The van der Waals surface area contributed by atoms with E-state index in [4.69, 9.17) is 0 Å². The summed E-state index contributed by atoms with van der Waals surface area (Å²) in [5, 5.41) is 2.85. The van der Waals surface area contributed by atoms with Crippen LogP contribution in [0.2, 0.25) is 0 Å². The zero-order valence-electron chi connectivity index (χ0n) is 14.2. The second kappa shape index (κ2) is 5.99. The lowest BCUT2D eigenvalue weighted by Crippen LogP contribution is -2.41. The molecule has 3 amide bonds. The molecule has 0 saturated carbocycles. The van der Waals surface area contributed by atoms with E-state index in [1.165, 1.54) is 16.0 Å². The number of hydrogen-bond donors (Lipinski definition) is 1. The number of nitrogens with zero attached hydrogens (tertiary/aromatic N) is 2. The van der Waals surface area contributed by atoms with Crippen LogP contribution in [0.1, 0.15) is 30.0 Å². The van der Waals surface area contributed by atoms with Gasteiger partial charge in [-0.15, -0.1) is 0 Å². The van der Waals surface area contributed by atoms with Gasteiger partial charge in [-0.2, -0.15) is 0 Å². The average Bonchev–Trinajstić information content (AvgIpc) is 2.86. The Bertz CT molecular complexity index is 821. The van der Waals surface area contributed by atoms with Crippen LogP contribution in [-0.4, -0.2) is 28.4 Å². The first-order valence-corrected chi connectivity index (χ1v) is 8.69. The molecule has 25 heavy (non-hydrogen) atoms. The minimum atomic E-state index is -1.03. The fourth-order valence-corrected chi connectivity index (χ4v) is 3.90. The average molecular weight is 335 g/mol. The van der Waals surface area contributed by atoms with Crippen LogP contribution in [0.5, 0.6) is 0 Å². The number of aromatic nitrogens is 1. The molecule has 1 fully saturated rings. The molecule has 4 rings (SSSR count). The van der Waals surface area contributed by atoms with Crippen LogP contribution < -0.4 is 5.32 Å². The maximum absolute atomic E-state index is 13.0. The lowest BCUT2D eigenvalue weighted by atomic mass is 9.83. The first-order chi connectivity index (χ1) is 12.1. The first-order valence-electron chi connectivity index (χ1n) is 8.69. The summed E-state index contributed by atoms with van der Waals surface area (Å²) < 4.78 is 0. The van der Waals surface area contributed by atoms with Gasteiger partial charge in [0.2, 0.25) is 0 Å². The number of imide groups is 1. The van der Waals surface area contributed by atoms with Crippen LogP contribution in [0.15, 0.2) is 48.8 Å². The SMILES string of the molecule is C[C@@]1(c2cccnc2)NC(=O)N(C[C@H]2CCc3ccccc3C2)C1=O. The van der Waals surface area contributed by atoms with Crippen molar-refractivity contribution < 1.29 is 9.59 Å². The summed E-state index contributed by atoms with van der Waals surface area (Å²) in [5.41, 5.74) is 2.40. The molecule has 128 valence electrons. The molecule has 5 nitrogen and oxygen atoms in total. The highest BCUT2D eigenvalue weighted by atomic mass is 16.2. The third-order valence-corrected chi connectivity index (χ3v) is 5.40. The molecule has 1 aromatic carbocycles. The van der Waals surface area contributed by atoms with E-state index in [2.05, 4.69) is 34.6 Å². The highest BCUT2D eigenvalue weighted by Gasteiger charge is 2.49. The number of urea groups is 1. The number of amides is 3. The van der Waals surface area contributed by atoms with Crippen molar-refractivity contribution in [3.05, 3.63) is 65.5 Å². The molecule has 1 aromatic heterocycles. The Balaban J connectivity index is 1.52. The van der Waals surface area contributed by atoms with Crippen molar-refractivity contribution >= 4 is 11.9 Å². The number of carbonyl (C=O) groups excluding carboxylic acids is 2. The standard InChI is InChI=1S/C20H21N3O2/c1-20(17-7-4-10-21-12-17)18(24)23(19(25)22-20)13-14-8-9-15-5-2-3-6-16(15)11-14/h2-7,10,12,14H,8-9,11,13H2,1H3,(H,22,25)/t14-,20-/m0/s1. The van der Waals surface area contributed by atoms with E-state index in [1.54, 1.807) is 25.4 Å². The summed E-state index contributed by atoms with van der Waals surface area (Å²) in [6.07, 6.45) is 6.21. The van der Waals surface area contributed by atoms with Gasteiger partial charge < -0.3 is 5.32 Å². The lowest BCUT2D eigenvalue weighted by Gasteiger charge is -2.28. The Hall–Kier alpha value is -2.69. The van der Waals surface area contributed by atoms with Crippen molar-refractivity contribution in [2.45, 2.75) is 31.7 Å². The molecule has 1 aliphatic heterocycles. The molecule has 0 unspecified atom stereocenters. The number of fused-ring (bicyclic) bond motifs is 1. The molecule has 2 aliphatic rings. The van der Waals surface area contributed by atoms with E-state index in [0.29, 0.717) is 18.0 Å². The number of carbonyl (C=O) groups is 2. The van der Waals surface area contributed by atoms with Gasteiger partial charge in [-0.25, -0.2) is 4.79 Å². The number of benzene rings is 1. The smallest absolute Gasteiger partial charge is 0.319 e. The number of hydrogen-bond acceptors (Lipinski definition) is 3. The molecule has 2 atom stereocenters. The van der Waals surface area contributed by atoms with Crippen LogP contribution in [0, 0.1) is 5.92 Å². The van der Waals surface area contributed by atoms with Gasteiger partial charge in [0.1, 0.15) is 5.54 Å². The number of aryl methyl sites for hydroxylation is 1. The topological polar surface area (TPSA) is 62.3 Å². The van der Waals surface area contributed by atoms with Crippen LogP contribution in [0.4, 0.5) is 4.79 Å². The molecule has 1 N–H and O–H groups in total. The monoisotopic (exact) mass is 335 g/mol. The molecule has 0 radical (unpaired) electrons. The van der Waals surface area contributed by atoms with Gasteiger partial charge >= 0.3 is 6.03 Å². The quantitative estimate of drug-likeness (QED) is 0.877. The van der Waals surface area contributed by atoms with Gasteiger partial charge in [-0.1, -0.05) is 30.3 Å². The predicted molar refractivity (Wildman–Crippen MR) is 93.8 cm³/mol. The van der Waals surface area contributed by atoms with Gasteiger partial charge in [-0.05, 0) is 49.3 Å². The highest BCUT2D eigenvalue weighted by Crippen LogP contribution is 2.31. The minimum absolute atomic E-state index is 0.190. The minimum Gasteiger partial charge on any atom is -0.319 e. The highest BCUT2D eigenvalue weighted by molar-refractivity contribution is 6.07. The van der Waals surface area contributed by atoms with Crippen molar-refractivity contribution in [2.75, 3.05) is 6.54 Å². The Morgan fingerprint density at radius 3 is 2.76 bits per heavy atom. The molecule has 1 aliphatic carbocycles. The summed E-state index contributed by atoms with van der Waals surface area (Å²) in [7, 11) is 0. The van der Waals surface area contributed by atoms with Crippen molar-refractivity contribution in [3.8, 4) is 0 Å². The second-order valence-corrected chi connectivity index (χ2v) is 7.09. The van der Waals surface area contributed by atoms with Gasteiger partial charge in [-0.3, -0.25) is 14.7 Å². The maximum atomic E-state index is 13.0. The maximum Gasteiger partial charge on any atom is 0.325 e. The van der Waals surface area contributed by atoms with Gasteiger partial charge in [0.25, 0.3) is 5.91 Å². The molecule has 2 aromatic rings. The van der Waals surface area contributed by atoms with Crippen molar-refractivity contribution in [3.63, 3.8) is 0 Å². The van der Waals surface area contributed by atoms with Gasteiger partial charge in [0.15, 0.2) is 0 Å². The fraction of sp³-hybridized carbons (Fsp3) is 0.350. The number of rotatable bonds is 3. The largest absolute Gasteiger partial charge is 0.325 e. The molecular weight excluding hydrogens is 314 g/mol. The number of pyridine rings is 1. The summed E-state index contributed by atoms with van der Waals surface area (Å²) >= 11 is 0. The third-order valence-electron chi connectivity index (χ3n) is 5.40. The molecular formula is C20H21N3O2. The van der Waals surface area contributed by atoms with E-state index in [1.807, 2.05) is 6.07 Å². The first kappa shape index (κ1) is 15.8. The summed E-state index contributed by atoms with van der Waals surface area (Å²) in [6.45, 7) is 2.22. The van der Waals surface area contributed by atoms with E-state index in [9.17, 15) is 9.59 Å². The lowest BCUT2D eigenvalue weighted by molar-refractivity contribution is -0.131. The summed E-state index contributed by atoms with van der Waals surface area (Å²) in [4.78, 5) is 30.9. The van der Waals surface area contributed by atoms with Crippen LogP contribution in [-0.2, 0) is 23.2 Å². The molecule has 1 saturated heterocycles. The van der Waals surface area contributed by atoms with Gasteiger partial charge in [0.05, 0.1) is 0 Å². The Morgan fingerprint density at radius 1 is 1.20 bits per heavy atom. The third kappa shape index (κ3) is 2.69. The molecule has 5 heteroatoms. The molecule has 2 heterocycles. The van der Waals surface area contributed by atoms with E-state index in [0.717, 1.165) is 19.3 Å². The van der Waals surface area contributed by atoms with Crippen molar-refractivity contribution in [1.82, 2.24) is 15.2 Å². The predicted octanol–water partition coefficient (Wildman–Crippen LogP) is 2.65. The van der Waals surface area contributed by atoms with Gasteiger partial charge in [0, 0.05) is 24.5 Å². The van der Waals surface area contributed by atoms with Crippen molar-refractivity contribution in [2.24, 2.45) is 5.92 Å². The number of nitrogens with one attached hydrogen (secondary N) is 1. The van der Waals surface area contributed by atoms with E-state index < -0.39 is 5.54 Å². The van der Waals surface area contributed by atoms with Crippen molar-refractivity contribution in [1.29, 1.82) is 0 Å². The zero-order chi connectivity index (χ0) is 17.4. The zero-order valence-corrected chi connectivity index (χ0v) is 14.2. The Kier molecular flexibility index (Phi) is 3.79. The second-order valence-electron chi connectivity index (χ2n) is 7.09. The van der Waals surface area contributed by atoms with Crippen LogP contribution >= 0.6 is 0 Å². The van der Waals surface area contributed by atoms with Crippen LogP contribution in [0.3, 0.4) is 0 Å². The normalized spacial score (nSPS) is 25.6. The van der Waals surface area contributed by atoms with E-state index >= 15 is 0 Å². The summed E-state index contributed by atoms with van der Waals surface area (Å²) in [5.74, 6) is 0.116. The molecule has 0 bridgehead atoms. The van der Waals surface area contributed by atoms with E-state index in [-0.39, 0.29) is 11.9 Å².